The molecule has 0 aliphatic rings. The molecule has 1 heterocycles. The van der Waals surface area contributed by atoms with Crippen LogP contribution >= 0.6 is 0 Å². The van der Waals surface area contributed by atoms with Gasteiger partial charge in [-0.25, -0.2) is 4.39 Å². The summed E-state index contributed by atoms with van der Waals surface area (Å²) in [4.78, 5) is 22.8. The van der Waals surface area contributed by atoms with E-state index in [-0.39, 0.29) is 16.7 Å². The number of pyridine rings is 1. The summed E-state index contributed by atoms with van der Waals surface area (Å²) >= 11 is 0. The van der Waals surface area contributed by atoms with E-state index in [1.165, 1.54) is 24.3 Å². The summed E-state index contributed by atoms with van der Waals surface area (Å²) in [7, 11) is 5.71. The second-order valence-corrected chi connectivity index (χ2v) is 3.85. The van der Waals surface area contributed by atoms with Crippen LogP contribution < -0.4 is 11.0 Å². The zero-order valence-electron chi connectivity index (χ0n) is 9.68. The second kappa shape index (κ2) is 4.60. The van der Waals surface area contributed by atoms with Crippen LogP contribution in [-0.4, -0.2) is 18.7 Å². The smallest absolute Gasteiger partial charge is 0.265 e. The molecule has 0 spiro atoms. The Kier molecular flexibility index (Phi) is 3.14. The Bertz CT molecular complexity index is 679. The molecule has 2 rings (SSSR count). The summed E-state index contributed by atoms with van der Waals surface area (Å²) in [5.74, 6) is -0.551. The van der Waals surface area contributed by atoms with E-state index in [4.69, 9.17) is 7.85 Å². The van der Waals surface area contributed by atoms with Gasteiger partial charge in [0, 0.05) is 5.69 Å². The van der Waals surface area contributed by atoms with Gasteiger partial charge in [-0.1, -0.05) is 23.7 Å². The summed E-state index contributed by atoms with van der Waals surface area (Å²) in [6.07, 6.45) is 0.412. The Morgan fingerprint density at radius 2 is 2.00 bits per heavy atom. The molecule has 0 atom stereocenters. The Morgan fingerprint density at radius 3 is 2.61 bits per heavy atom. The predicted octanol–water partition coefficient (Wildman–Crippen LogP) is 0.891. The predicted molar refractivity (Wildman–Crippen MR) is 67.5 cm³/mol. The highest BCUT2D eigenvalue weighted by Crippen LogP contribution is 2.12. The second-order valence-electron chi connectivity index (χ2n) is 3.85. The van der Waals surface area contributed by atoms with Gasteiger partial charge >= 0.3 is 0 Å². The highest BCUT2D eigenvalue weighted by Gasteiger charge is 2.12. The minimum absolute atomic E-state index is 0.0791. The molecule has 0 fully saturated rings. The van der Waals surface area contributed by atoms with E-state index in [2.05, 4.69) is 0 Å². The molecule has 0 unspecified atom stereocenters. The van der Waals surface area contributed by atoms with Crippen molar-refractivity contribution >= 4 is 19.6 Å². The van der Waals surface area contributed by atoms with Gasteiger partial charge in [0.2, 0.25) is 0 Å². The number of nitrogens with zero attached hydrogens (tertiary/aromatic N) is 1. The maximum atomic E-state index is 13.7. The first-order valence-electron chi connectivity index (χ1n) is 5.28. The van der Waals surface area contributed by atoms with E-state index in [0.717, 1.165) is 4.57 Å². The van der Waals surface area contributed by atoms with Crippen molar-refractivity contribution < 1.29 is 9.18 Å². The van der Waals surface area contributed by atoms with Crippen LogP contribution in [0.5, 0.6) is 0 Å². The van der Waals surface area contributed by atoms with E-state index in [1.807, 2.05) is 0 Å². The first-order chi connectivity index (χ1) is 8.56. The molecule has 0 aliphatic carbocycles. The van der Waals surface area contributed by atoms with Gasteiger partial charge in [0.05, 0.1) is 11.3 Å². The highest BCUT2D eigenvalue weighted by atomic mass is 19.1. The number of hydrogen-bond acceptors (Lipinski definition) is 2. The minimum atomic E-state index is -0.582. The average Bonchev–Trinajstić information content (AvgIpc) is 2.36. The standard InChI is InChI=1S/C13H9BFNO2/c1-8-10(14)6-9(7-17)13(18)16(8)12-5-3-2-4-11(12)15/h2-7H,1H3. The molecule has 0 saturated heterocycles. The monoisotopic (exact) mass is 241 g/mol. The molecule has 0 bridgehead atoms. The van der Waals surface area contributed by atoms with Gasteiger partial charge in [0.1, 0.15) is 13.7 Å². The lowest BCUT2D eigenvalue weighted by Crippen LogP contribution is -2.31. The quantitative estimate of drug-likeness (QED) is 0.578. The lowest BCUT2D eigenvalue weighted by atomic mass is 9.93. The van der Waals surface area contributed by atoms with E-state index in [1.54, 1.807) is 13.0 Å². The molecular formula is C13H9BFNO2. The summed E-state index contributed by atoms with van der Waals surface area (Å²) in [5, 5.41) is 0. The Morgan fingerprint density at radius 1 is 1.33 bits per heavy atom. The van der Waals surface area contributed by atoms with Gasteiger partial charge in [-0.05, 0) is 19.1 Å². The SMILES string of the molecule is [B]c1cc(C=O)c(=O)n(-c2ccccc2F)c1C. The zero-order chi connectivity index (χ0) is 13.3. The summed E-state index contributed by atoms with van der Waals surface area (Å²) < 4.78 is 14.8. The number of benzene rings is 1. The number of carbonyl (C=O) groups excluding carboxylic acids is 1. The van der Waals surface area contributed by atoms with Gasteiger partial charge in [0.15, 0.2) is 6.29 Å². The van der Waals surface area contributed by atoms with Crippen LogP contribution in [0.1, 0.15) is 16.1 Å². The lowest BCUT2D eigenvalue weighted by Gasteiger charge is -2.14. The molecule has 2 radical (unpaired) electrons. The van der Waals surface area contributed by atoms with Crippen LogP contribution in [0.25, 0.3) is 5.69 Å². The van der Waals surface area contributed by atoms with Crippen LogP contribution in [0, 0.1) is 12.7 Å². The van der Waals surface area contributed by atoms with Crippen molar-refractivity contribution in [2.45, 2.75) is 6.92 Å². The molecule has 0 saturated carbocycles. The number of aldehydes is 1. The summed E-state index contributed by atoms with van der Waals surface area (Å²) in [5.41, 5.74) is 0.0641. The molecular weight excluding hydrogens is 232 g/mol. The van der Waals surface area contributed by atoms with E-state index in [9.17, 15) is 14.0 Å². The Hall–Kier alpha value is -2.17. The molecule has 1 aromatic heterocycles. The minimum Gasteiger partial charge on any atom is -0.298 e. The fourth-order valence-electron chi connectivity index (χ4n) is 1.75. The third-order valence-corrected chi connectivity index (χ3v) is 2.73. The maximum absolute atomic E-state index is 13.7. The summed E-state index contributed by atoms with van der Waals surface area (Å²) in [6.45, 7) is 1.59. The molecule has 2 aromatic rings. The number of aromatic nitrogens is 1. The molecule has 5 heteroatoms. The van der Waals surface area contributed by atoms with Crippen molar-refractivity contribution in [2.24, 2.45) is 0 Å². The zero-order valence-corrected chi connectivity index (χ0v) is 9.68. The molecule has 0 aliphatic heterocycles. The molecule has 3 nitrogen and oxygen atoms in total. The molecule has 88 valence electrons. The number of carbonyl (C=O) groups is 1. The number of halogens is 1. The fourth-order valence-corrected chi connectivity index (χ4v) is 1.75. The number of para-hydroxylation sites is 1. The fraction of sp³-hybridized carbons (Fsp3) is 0.0769. The number of hydrogen-bond donors (Lipinski definition) is 0. The summed E-state index contributed by atoms with van der Waals surface area (Å²) in [6, 6.07) is 7.12. The first-order valence-corrected chi connectivity index (χ1v) is 5.28. The van der Waals surface area contributed by atoms with Crippen LogP contribution in [0.2, 0.25) is 0 Å². The Labute approximate surface area is 104 Å². The van der Waals surface area contributed by atoms with Gasteiger partial charge in [0.25, 0.3) is 5.56 Å². The van der Waals surface area contributed by atoms with Gasteiger partial charge < -0.3 is 0 Å². The molecule has 0 amide bonds. The normalized spacial score (nSPS) is 10.3. The van der Waals surface area contributed by atoms with Crippen LogP contribution in [0.3, 0.4) is 0 Å². The van der Waals surface area contributed by atoms with Gasteiger partial charge in [-0.3, -0.25) is 14.2 Å². The topological polar surface area (TPSA) is 39.1 Å². The van der Waals surface area contributed by atoms with Crippen molar-refractivity contribution in [1.29, 1.82) is 0 Å². The van der Waals surface area contributed by atoms with E-state index < -0.39 is 11.4 Å². The van der Waals surface area contributed by atoms with Crippen LogP contribution in [0.4, 0.5) is 4.39 Å². The van der Waals surface area contributed by atoms with E-state index >= 15 is 0 Å². The molecule has 1 aromatic carbocycles. The van der Waals surface area contributed by atoms with Crippen molar-refractivity contribution in [3.63, 3.8) is 0 Å². The Balaban J connectivity index is 2.87. The van der Waals surface area contributed by atoms with Gasteiger partial charge in [-0.2, -0.15) is 0 Å². The number of rotatable bonds is 2. The van der Waals surface area contributed by atoms with Gasteiger partial charge in [-0.15, -0.1) is 0 Å². The van der Waals surface area contributed by atoms with Crippen LogP contribution in [0.15, 0.2) is 35.1 Å². The molecule has 0 N–H and O–H groups in total. The van der Waals surface area contributed by atoms with E-state index in [0.29, 0.717) is 12.0 Å². The maximum Gasteiger partial charge on any atom is 0.265 e. The van der Waals surface area contributed by atoms with Crippen molar-refractivity contribution in [3.8, 4) is 5.69 Å². The average molecular weight is 241 g/mol. The lowest BCUT2D eigenvalue weighted by molar-refractivity contribution is 0.112. The highest BCUT2D eigenvalue weighted by molar-refractivity contribution is 6.33. The van der Waals surface area contributed by atoms with Crippen molar-refractivity contribution in [1.82, 2.24) is 4.57 Å². The van der Waals surface area contributed by atoms with Crippen LogP contribution in [-0.2, 0) is 0 Å². The molecule has 18 heavy (non-hydrogen) atoms. The third-order valence-electron chi connectivity index (χ3n) is 2.73. The van der Waals surface area contributed by atoms with Crippen molar-refractivity contribution in [3.05, 3.63) is 57.8 Å². The first kappa shape index (κ1) is 12.3. The van der Waals surface area contributed by atoms with Crippen molar-refractivity contribution in [2.75, 3.05) is 0 Å². The third kappa shape index (κ3) is 1.88. The largest absolute Gasteiger partial charge is 0.298 e.